The number of carbonyl (C=O) groups is 2. The van der Waals surface area contributed by atoms with Crippen LogP contribution in [0.3, 0.4) is 0 Å². The highest BCUT2D eigenvalue weighted by Crippen LogP contribution is 2.30. The molecule has 5 heteroatoms. The van der Waals surface area contributed by atoms with Crippen molar-refractivity contribution in [2.24, 2.45) is 0 Å². The molecular weight excluding hydrogens is 280 g/mol. The zero-order valence-corrected chi connectivity index (χ0v) is 13.7. The van der Waals surface area contributed by atoms with Gasteiger partial charge in [0.2, 0.25) is 0 Å². The van der Waals surface area contributed by atoms with Crippen LogP contribution in [-0.2, 0) is 11.3 Å². The van der Waals surface area contributed by atoms with Crippen LogP contribution in [0.5, 0.6) is 0 Å². The summed E-state index contributed by atoms with van der Waals surface area (Å²) in [6.45, 7) is 6.12. The molecule has 0 heterocycles. The molecule has 1 N–H and O–H groups in total. The Morgan fingerprint density at radius 3 is 2.27 bits per heavy atom. The SMILES string of the molecule is CNC(=O)c1ccc(CN(C(=O)OC(C)(C)C)C2CC2)cc1. The minimum Gasteiger partial charge on any atom is -0.444 e. The third-order valence-corrected chi connectivity index (χ3v) is 3.41. The maximum Gasteiger partial charge on any atom is 0.410 e. The summed E-state index contributed by atoms with van der Waals surface area (Å²) in [7, 11) is 1.60. The molecule has 0 bridgehead atoms. The van der Waals surface area contributed by atoms with Crippen LogP contribution in [0.25, 0.3) is 0 Å². The van der Waals surface area contributed by atoms with Gasteiger partial charge in [-0.25, -0.2) is 4.79 Å². The third-order valence-electron chi connectivity index (χ3n) is 3.41. The van der Waals surface area contributed by atoms with Gasteiger partial charge in [0.1, 0.15) is 5.60 Å². The van der Waals surface area contributed by atoms with Crippen molar-refractivity contribution in [3.05, 3.63) is 35.4 Å². The van der Waals surface area contributed by atoms with Crippen LogP contribution in [0.4, 0.5) is 4.79 Å². The molecule has 0 radical (unpaired) electrons. The molecule has 120 valence electrons. The summed E-state index contributed by atoms with van der Waals surface area (Å²) >= 11 is 0. The standard InChI is InChI=1S/C17H24N2O3/c1-17(2,3)22-16(21)19(14-9-10-14)11-12-5-7-13(8-6-12)15(20)18-4/h5-8,14H,9-11H2,1-4H3,(H,18,20). The van der Waals surface area contributed by atoms with E-state index in [1.54, 1.807) is 24.1 Å². The topological polar surface area (TPSA) is 58.6 Å². The van der Waals surface area contributed by atoms with Gasteiger partial charge in [0.25, 0.3) is 5.91 Å². The number of ether oxygens (including phenoxy) is 1. The summed E-state index contributed by atoms with van der Waals surface area (Å²) in [6.07, 6.45) is 1.77. The number of nitrogens with one attached hydrogen (secondary N) is 1. The Balaban J connectivity index is 2.05. The molecule has 0 unspecified atom stereocenters. The predicted octanol–water partition coefficient (Wildman–Crippen LogP) is 2.95. The average molecular weight is 304 g/mol. The van der Waals surface area contributed by atoms with E-state index in [1.165, 1.54) is 0 Å². The summed E-state index contributed by atoms with van der Waals surface area (Å²) in [4.78, 5) is 25.6. The fourth-order valence-electron chi connectivity index (χ4n) is 2.15. The second-order valence-electron chi connectivity index (χ2n) is 6.62. The highest BCUT2D eigenvalue weighted by atomic mass is 16.6. The average Bonchev–Trinajstić information content (AvgIpc) is 3.27. The van der Waals surface area contributed by atoms with Gasteiger partial charge >= 0.3 is 6.09 Å². The second-order valence-corrected chi connectivity index (χ2v) is 6.62. The summed E-state index contributed by atoms with van der Waals surface area (Å²) in [5.74, 6) is -0.113. The van der Waals surface area contributed by atoms with Gasteiger partial charge in [0.15, 0.2) is 0 Å². The van der Waals surface area contributed by atoms with Crippen LogP contribution in [-0.4, -0.2) is 35.6 Å². The Labute approximate surface area is 131 Å². The quantitative estimate of drug-likeness (QED) is 0.930. The number of hydrogen-bond donors (Lipinski definition) is 1. The van der Waals surface area contributed by atoms with Gasteiger partial charge in [0.05, 0.1) is 0 Å². The van der Waals surface area contributed by atoms with Crippen LogP contribution in [0.15, 0.2) is 24.3 Å². The van der Waals surface area contributed by atoms with E-state index in [2.05, 4.69) is 5.32 Å². The van der Waals surface area contributed by atoms with E-state index in [1.807, 2.05) is 32.9 Å². The lowest BCUT2D eigenvalue weighted by atomic mass is 10.1. The van der Waals surface area contributed by atoms with Gasteiger partial charge in [-0.2, -0.15) is 0 Å². The Morgan fingerprint density at radius 2 is 1.82 bits per heavy atom. The summed E-state index contributed by atoms with van der Waals surface area (Å²) in [6, 6.07) is 7.57. The number of carbonyl (C=O) groups excluding carboxylic acids is 2. The minimum atomic E-state index is -0.493. The van der Waals surface area contributed by atoms with Crippen LogP contribution in [0.1, 0.15) is 49.5 Å². The third kappa shape index (κ3) is 4.48. The zero-order chi connectivity index (χ0) is 16.3. The normalized spacial score (nSPS) is 14.4. The minimum absolute atomic E-state index is 0.113. The largest absolute Gasteiger partial charge is 0.444 e. The Bertz CT molecular complexity index is 542. The molecule has 1 fully saturated rings. The van der Waals surface area contributed by atoms with Crippen molar-refractivity contribution in [3.63, 3.8) is 0 Å². The van der Waals surface area contributed by atoms with Crippen molar-refractivity contribution in [3.8, 4) is 0 Å². The summed E-state index contributed by atoms with van der Waals surface area (Å²) in [5.41, 5.74) is 1.11. The molecule has 0 spiro atoms. The molecule has 0 saturated heterocycles. The van der Waals surface area contributed by atoms with Gasteiger partial charge < -0.3 is 15.0 Å². The van der Waals surface area contributed by atoms with Gasteiger partial charge in [-0.15, -0.1) is 0 Å². The Morgan fingerprint density at radius 1 is 1.23 bits per heavy atom. The molecule has 1 aromatic rings. The van der Waals surface area contributed by atoms with Gasteiger partial charge in [-0.05, 0) is 51.3 Å². The van der Waals surface area contributed by atoms with E-state index in [0.717, 1.165) is 18.4 Å². The molecule has 0 aromatic heterocycles. The first-order valence-corrected chi connectivity index (χ1v) is 7.61. The molecular formula is C17H24N2O3. The fourth-order valence-corrected chi connectivity index (χ4v) is 2.15. The number of rotatable bonds is 4. The monoisotopic (exact) mass is 304 g/mol. The van der Waals surface area contributed by atoms with E-state index < -0.39 is 5.60 Å². The van der Waals surface area contributed by atoms with Crippen LogP contribution in [0, 0.1) is 0 Å². The molecule has 1 aromatic carbocycles. The van der Waals surface area contributed by atoms with Crippen molar-refractivity contribution in [2.45, 2.75) is 51.8 Å². The first-order valence-electron chi connectivity index (χ1n) is 7.61. The van der Waals surface area contributed by atoms with Crippen molar-refractivity contribution >= 4 is 12.0 Å². The number of nitrogens with zero attached hydrogens (tertiary/aromatic N) is 1. The van der Waals surface area contributed by atoms with Gasteiger partial charge in [-0.1, -0.05) is 12.1 Å². The predicted molar refractivity (Wildman–Crippen MR) is 84.6 cm³/mol. The molecule has 0 aliphatic heterocycles. The molecule has 5 nitrogen and oxygen atoms in total. The fraction of sp³-hybridized carbons (Fsp3) is 0.529. The molecule has 0 atom stereocenters. The molecule has 2 rings (SSSR count). The second kappa shape index (κ2) is 6.38. The molecule has 1 aliphatic carbocycles. The van der Waals surface area contributed by atoms with Crippen LogP contribution < -0.4 is 5.32 Å². The number of hydrogen-bond acceptors (Lipinski definition) is 3. The first-order chi connectivity index (χ1) is 10.3. The van der Waals surface area contributed by atoms with E-state index >= 15 is 0 Å². The lowest BCUT2D eigenvalue weighted by molar-refractivity contribution is 0.0216. The van der Waals surface area contributed by atoms with Gasteiger partial charge in [-0.3, -0.25) is 4.79 Å². The van der Waals surface area contributed by atoms with Gasteiger partial charge in [0, 0.05) is 25.2 Å². The maximum atomic E-state index is 12.3. The number of amides is 2. The summed E-state index contributed by atoms with van der Waals surface area (Å²) < 4.78 is 5.48. The Hall–Kier alpha value is -2.04. The van der Waals surface area contributed by atoms with Crippen LogP contribution in [0.2, 0.25) is 0 Å². The lowest BCUT2D eigenvalue weighted by Gasteiger charge is -2.27. The zero-order valence-electron chi connectivity index (χ0n) is 13.7. The molecule has 22 heavy (non-hydrogen) atoms. The molecule has 2 amide bonds. The number of benzene rings is 1. The molecule has 1 aliphatic rings. The Kier molecular flexibility index (Phi) is 4.74. The smallest absolute Gasteiger partial charge is 0.410 e. The lowest BCUT2D eigenvalue weighted by Crippen LogP contribution is -2.37. The highest BCUT2D eigenvalue weighted by Gasteiger charge is 2.35. The van der Waals surface area contributed by atoms with Crippen LogP contribution >= 0.6 is 0 Å². The maximum absolute atomic E-state index is 12.3. The first kappa shape index (κ1) is 16.3. The van der Waals surface area contributed by atoms with Crippen molar-refractivity contribution in [1.82, 2.24) is 10.2 Å². The van der Waals surface area contributed by atoms with E-state index in [-0.39, 0.29) is 18.0 Å². The van der Waals surface area contributed by atoms with E-state index in [9.17, 15) is 9.59 Å². The van der Waals surface area contributed by atoms with Crippen molar-refractivity contribution < 1.29 is 14.3 Å². The van der Waals surface area contributed by atoms with E-state index in [0.29, 0.717) is 12.1 Å². The van der Waals surface area contributed by atoms with Crippen molar-refractivity contribution in [1.29, 1.82) is 0 Å². The summed E-state index contributed by atoms with van der Waals surface area (Å²) in [5, 5.41) is 2.59. The highest BCUT2D eigenvalue weighted by molar-refractivity contribution is 5.93. The van der Waals surface area contributed by atoms with Crippen molar-refractivity contribution in [2.75, 3.05) is 7.05 Å². The van der Waals surface area contributed by atoms with E-state index in [4.69, 9.17) is 4.74 Å². The molecule has 1 saturated carbocycles.